The lowest BCUT2D eigenvalue weighted by Gasteiger charge is -2.10. The zero-order chi connectivity index (χ0) is 12.4. The number of aromatic nitrogens is 2. The van der Waals surface area contributed by atoms with Gasteiger partial charge in [-0.15, -0.1) is 0 Å². The molecule has 0 unspecified atom stereocenters. The first-order valence-corrected chi connectivity index (χ1v) is 5.37. The fourth-order valence-corrected chi connectivity index (χ4v) is 1.79. The third-order valence-corrected chi connectivity index (χ3v) is 2.54. The topological polar surface area (TPSA) is 41.6 Å². The first kappa shape index (κ1) is 11.3. The lowest BCUT2D eigenvalue weighted by atomic mass is 10.1. The Labute approximate surface area is 99.1 Å². The van der Waals surface area contributed by atoms with Gasteiger partial charge in [-0.05, 0) is 30.2 Å². The van der Waals surface area contributed by atoms with Crippen LogP contribution in [0.5, 0.6) is 0 Å². The summed E-state index contributed by atoms with van der Waals surface area (Å²) < 4.78 is 14.5. The molecule has 0 aliphatic carbocycles. The van der Waals surface area contributed by atoms with Gasteiger partial charge >= 0.3 is 0 Å². The van der Waals surface area contributed by atoms with E-state index in [1.54, 1.807) is 23.0 Å². The molecule has 0 aliphatic heterocycles. The van der Waals surface area contributed by atoms with E-state index in [0.29, 0.717) is 5.56 Å². The molecule has 0 N–H and O–H groups in total. The lowest BCUT2D eigenvalue weighted by Crippen LogP contribution is -2.04. The first-order chi connectivity index (χ1) is 8.13. The summed E-state index contributed by atoms with van der Waals surface area (Å²) in [4.78, 5) is 0. The van der Waals surface area contributed by atoms with Crippen LogP contribution in [0.25, 0.3) is 5.69 Å². The number of nitriles is 1. The third-order valence-electron chi connectivity index (χ3n) is 2.54. The molecule has 4 heteroatoms. The summed E-state index contributed by atoms with van der Waals surface area (Å²) in [5, 5.41) is 13.2. The Balaban J connectivity index is 2.56. The molecule has 0 atom stereocenters. The zero-order valence-electron chi connectivity index (χ0n) is 9.68. The summed E-state index contributed by atoms with van der Waals surface area (Å²) in [6.45, 7) is 4.00. The molecule has 1 aromatic heterocycles. The van der Waals surface area contributed by atoms with Crippen LogP contribution in [0.2, 0.25) is 0 Å². The third kappa shape index (κ3) is 2.04. The highest BCUT2D eigenvalue weighted by atomic mass is 19.1. The number of benzene rings is 1. The number of halogens is 1. The Kier molecular flexibility index (Phi) is 2.92. The van der Waals surface area contributed by atoms with Crippen LogP contribution in [0, 0.1) is 17.1 Å². The zero-order valence-corrected chi connectivity index (χ0v) is 9.68. The predicted octanol–water partition coefficient (Wildman–Crippen LogP) is 3.01. The van der Waals surface area contributed by atoms with Crippen molar-refractivity contribution in [1.29, 1.82) is 5.26 Å². The molecule has 0 aliphatic rings. The molecule has 0 saturated heterocycles. The van der Waals surface area contributed by atoms with Gasteiger partial charge in [-0.2, -0.15) is 10.4 Å². The minimum Gasteiger partial charge on any atom is -0.236 e. The second-order valence-corrected chi connectivity index (χ2v) is 4.10. The van der Waals surface area contributed by atoms with Crippen LogP contribution in [0.3, 0.4) is 0 Å². The summed E-state index contributed by atoms with van der Waals surface area (Å²) in [6, 6.07) is 8.18. The summed E-state index contributed by atoms with van der Waals surface area (Å²) in [7, 11) is 0. The van der Waals surface area contributed by atoms with Crippen molar-refractivity contribution < 1.29 is 4.39 Å². The molecule has 0 amide bonds. The van der Waals surface area contributed by atoms with Crippen molar-refractivity contribution in [1.82, 2.24) is 9.78 Å². The molecule has 0 fully saturated rings. The summed E-state index contributed by atoms with van der Waals surface area (Å²) in [5.74, 6) is -0.107. The number of rotatable bonds is 2. The van der Waals surface area contributed by atoms with E-state index >= 15 is 0 Å². The van der Waals surface area contributed by atoms with E-state index in [0.717, 1.165) is 11.4 Å². The van der Waals surface area contributed by atoms with Crippen molar-refractivity contribution in [2.75, 3.05) is 0 Å². The smallest absolute Gasteiger partial charge is 0.123 e. The molecule has 1 aromatic carbocycles. The van der Waals surface area contributed by atoms with Gasteiger partial charge in [0.1, 0.15) is 11.9 Å². The van der Waals surface area contributed by atoms with Crippen molar-refractivity contribution in [2.45, 2.75) is 19.8 Å². The maximum atomic E-state index is 12.9. The van der Waals surface area contributed by atoms with E-state index in [1.165, 1.54) is 12.1 Å². The molecule has 0 bridgehead atoms. The Morgan fingerprint density at radius 3 is 2.47 bits per heavy atom. The standard InChI is InChI=1S/C13H12FN3/c1-9(2)13-10(7-15)8-16-17(13)12-5-3-11(14)4-6-12/h3-6,8-9H,1-2H3. The van der Waals surface area contributed by atoms with Crippen LogP contribution in [-0.4, -0.2) is 9.78 Å². The summed E-state index contributed by atoms with van der Waals surface area (Å²) >= 11 is 0. The van der Waals surface area contributed by atoms with Crippen molar-refractivity contribution in [2.24, 2.45) is 0 Å². The molecule has 0 spiro atoms. The van der Waals surface area contributed by atoms with Gasteiger partial charge in [0.2, 0.25) is 0 Å². The van der Waals surface area contributed by atoms with Gasteiger partial charge in [-0.1, -0.05) is 13.8 Å². The second kappa shape index (κ2) is 4.38. The summed E-state index contributed by atoms with van der Waals surface area (Å²) in [5.41, 5.74) is 2.17. The van der Waals surface area contributed by atoms with Crippen LogP contribution in [0.1, 0.15) is 31.0 Å². The molecule has 1 heterocycles. The van der Waals surface area contributed by atoms with Crippen molar-refractivity contribution in [3.8, 4) is 11.8 Å². The number of hydrogen-bond acceptors (Lipinski definition) is 2. The Hall–Kier alpha value is -2.15. The minimum absolute atomic E-state index is 0.178. The average molecular weight is 229 g/mol. The normalized spacial score (nSPS) is 10.5. The highest BCUT2D eigenvalue weighted by molar-refractivity contribution is 5.41. The van der Waals surface area contributed by atoms with E-state index in [1.807, 2.05) is 13.8 Å². The van der Waals surface area contributed by atoms with Gasteiger partial charge in [-0.25, -0.2) is 9.07 Å². The Morgan fingerprint density at radius 2 is 1.94 bits per heavy atom. The second-order valence-electron chi connectivity index (χ2n) is 4.10. The van der Waals surface area contributed by atoms with Gasteiger partial charge in [0, 0.05) is 0 Å². The van der Waals surface area contributed by atoms with Crippen LogP contribution in [0.15, 0.2) is 30.5 Å². The fraction of sp³-hybridized carbons (Fsp3) is 0.231. The van der Waals surface area contributed by atoms with Gasteiger partial charge in [0.05, 0.1) is 23.1 Å². The van der Waals surface area contributed by atoms with E-state index in [9.17, 15) is 4.39 Å². The van der Waals surface area contributed by atoms with E-state index < -0.39 is 0 Å². The van der Waals surface area contributed by atoms with Gasteiger partial charge < -0.3 is 0 Å². The largest absolute Gasteiger partial charge is 0.236 e. The molecule has 2 aromatic rings. The summed E-state index contributed by atoms with van der Waals surface area (Å²) in [6.07, 6.45) is 1.54. The van der Waals surface area contributed by atoms with E-state index in [-0.39, 0.29) is 11.7 Å². The van der Waals surface area contributed by atoms with Gasteiger partial charge in [-0.3, -0.25) is 0 Å². The highest BCUT2D eigenvalue weighted by Gasteiger charge is 2.15. The molecular formula is C13H12FN3. The monoisotopic (exact) mass is 229 g/mol. The van der Waals surface area contributed by atoms with E-state index in [2.05, 4.69) is 11.2 Å². The molecular weight excluding hydrogens is 217 g/mol. The predicted molar refractivity (Wildman–Crippen MR) is 62.3 cm³/mol. The average Bonchev–Trinajstić information content (AvgIpc) is 2.73. The van der Waals surface area contributed by atoms with Crippen LogP contribution in [-0.2, 0) is 0 Å². The maximum Gasteiger partial charge on any atom is 0.123 e. The SMILES string of the molecule is CC(C)c1c(C#N)cnn1-c1ccc(F)cc1. The number of nitrogens with zero attached hydrogens (tertiary/aromatic N) is 3. The van der Waals surface area contributed by atoms with Gasteiger partial charge in [0.25, 0.3) is 0 Å². The van der Waals surface area contributed by atoms with Crippen LogP contribution >= 0.6 is 0 Å². The van der Waals surface area contributed by atoms with Crippen molar-refractivity contribution in [3.05, 3.63) is 47.5 Å². The molecule has 0 saturated carbocycles. The quantitative estimate of drug-likeness (QED) is 0.794. The first-order valence-electron chi connectivity index (χ1n) is 5.37. The molecule has 2 rings (SSSR count). The highest BCUT2D eigenvalue weighted by Crippen LogP contribution is 2.22. The minimum atomic E-state index is -0.285. The van der Waals surface area contributed by atoms with Crippen LogP contribution < -0.4 is 0 Å². The lowest BCUT2D eigenvalue weighted by molar-refractivity contribution is 0.626. The van der Waals surface area contributed by atoms with Crippen molar-refractivity contribution >= 4 is 0 Å². The fourth-order valence-electron chi connectivity index (χ4n) is 1.79. The van der Waals surface area contributed by atoms with E-state index in [4.69, 9.17) is 5.26 Å². The Bertz CT molecular complexity index is 561. The van der Waals surface area contributed by atoms with Gasteiger partial charge in [0.15, 0.2) is 0 Å². The maximum absolute atomic E-state index is 12.9. The molecule has 17 heavy (non-hydrogen) atoms. The molecule has 0 radical (unpaired) electrons. The number of hydrogen-bond donors (Lipinski definition) is 0. The van der Waals surface area contributed by atoms with Crippen molar-refractivity contribution in [3.63, 3.8) is 0 Å². The molecule has 86 valence electrons. The Morgan fingerprint density at radius 1 is 1.29 bits per heavy atom. The van der Waals surface area contributed by atoms with Crippen LogP contribution in [0.4, 0.5) is 4.39 Å². The molecule has 3 nitrogen and oxygen atoms in total.